The van der Waals surface area contributed by atoms with Crippen molar-refractivity contribution in [3.63, 3.8) is 0 Å². The van der Waals surface area contributed by atoms with Crippen LogP contribution in [0.5, 0.6) is 5.75 Å². The fourth-order valence-corrected chi connectivity index (χ4v) is 4.92. The summed E-state index contributed by atoms with van der Waals surface area (Å²) in [7, 11) is 0. The number of rotatable bonds is 7. The molecule has 1 aromatic rings. The molecule has 0 bridgehead atoms. The first-order valence-corrected chi connectivity index (χ1v) is 11.1. The Morgan fingerprint density at radius 1 is 0.964 bits per heavy atom. The fourth-order valence-electron chi connectivity index (χ4n) is 4.92. The molecule has 1 atom stereocenters. The molecule has 0 spiro atoms. The zero-order valence-electron chi connectivity index (χ0n) is 17.4. The molecule has 0 amide bonds. The first-order chi connectivity index (χ1) is 13.6. The van der Waals surface area contributed by atoms with E-state index in [2.05, 4.69) is 25.2 Å². The summed E-state index contributed by atoms with van der Waals surface area (Å²) in [6.45, 7) is 4.29. The van der Waals surface area contributed by atoms with Crippen LogP contribution in [0.1, 0.15) is 77.2 Å². The van der Waals surface area contributed by atoms with Crippen molar-refractivity contribution in [1.82, 2.24) is 0 Å². The van der Waals surface area contributed by atoms with Crippen molar-refractivity contribution < 1.29 is 13.5 Å². The molecule has 0 aromatic heterocycles. The SMILES string of the molecule is CC/C=C\CC1CCC(C2CC=C(c3ccc(OCC)c(F)c3F)CC2)CC1. The topological polar surface area (TPSA) is 9.23 Å². The van der Waals surface area contributed by atoms with E-state index < -0.39 is 11.6 Å². The minimum absolute atomic E-state index is 0.00331. The molecular weight excluding hydrogens is 354 g/mol. The van der Waals surface area contributed by atoms with E-state index in [1.165, 1.54) is 32.1 Å². The molecule has 0 radical (unpaired) electrons. The van der Waals surface area contributed by atoms with Crippen LogP contribution in [0, 0.1) is 29.4 Å². The van der Waals surface area contributed by atoms with Crippen LogP contribution in [0.4, 0.5) is 8.78 Å². The second-order valence-electron chi connectivity index (χ2n) is 8.33. The summed E-state index contributed by atoms with van der Waals surface area (Å²) >= 11 is 0. The van der Waals surface area contributed by atoms with Crippen LogP contribution in [0.15, 0.2) is 30.4 Å². The molecule has 2 aliphatic carbocycles. The van der Waals surface area contributed by atoms with E-state index in [9.17, 15) is 8.78 Å². The van der Waals surface area contributed by atoms with Gasteiger partial charge < -0.3 is 4.74 Å². The van der Waals surface area contributed by atoms with E-state index in [4.69, 9.17) is 4.74 Å². The summed E-state index contributed by atoms with van der Waals surface area (Å²) < 4.78 is 33.8. The maximum atomic E-state index is 14.5. The molecule has 154 valence electrons. The first kappa shape index (κ1) is 21.1. The van der Waals surface area contributed by atoms with Crippen LogP contribution in [-0.4, -0.2) is 6.61 Å². The van der Waals surface area contributed by atoms with E-state index in [1.807, 2.05) is 0 Å². The second-order valence-corrected chi connectivity index (χ2v) is 8.33. The van der Waals surface area contributed by atoms with Gasteiger partial charge in [0, 0.05) is 5.56 Å². The molecule has 1 unspecified atom stereocenters. The Balaban J connectivity index is 1.57. The number of halogens is 2. The smallest absolute Gasteiger partial charge is 0.201 e. The molecule has 3 rings (SSSR count). The first-order valence-electron chi connectivity index (χ1n) is 11.1. The Morgan fingerprint density at radius 2 is 1.75 bits per heavy atom. The predicted octanol–water partition coefficient (Wildman–Crippen LogP) is 7.71. The molecular formula is C25H34F2O. The van der Waals surface area contributed by atoms with Gasteiger partial charge in [0.2, 0.25) is 5.82 Å². The summed E-state index contributed by atoms with van der Waals surface area (Å²) in [5.74, 6) is 0.727. The highest BCUT2D eigenvalue weighted by atomic mass is 19.2. The van der Waals surface area contributed by atoms with Crippen molar-refractivity contribution in [2.24, 2.45) is 17.8 Å². The maximum Gasteiger partial charge on any atom is 0.201 e. The van der Waals surface area contributed by atoms with Crippen LogP contribution in [0.2, 0.25) is 0 Å². The molecule has 1 saturated carbocycles. The van der Waals surface area contributed by atoms with Crippen molar-refractivity contribution in [1.29, 1.82) is 0 Å². The molecule has 2 aliphatic rings. The number of hydrogen-bond acceptors (Lipinski definition) is 1. The van der Waals surface area contributed by atoms with Crippen LogP contribution < -0.4 is 4.74 Å². The number of benzene rings is 1. The highest BCUT2D eigenvalue weighted by molar-refractivity contribution is 5.67. The molecule has 1 fully saturated rings. The lowest BCUT2D eigenvalue weighted by atomic mass is 9.70. The molecule has 0 N–H and O–H groups in total. The van der Waals surface area contributed by atoms with Gasteiger partial charge in [-0.25, -0.2) is 4.39 Å². The lowest BCUT2D eigenvalue weighted by Crippen LogP contribution is -2.23. The third kappa shape index (κ3) is 5.04. The van der Waals surface area contributed by atoms with Crippen molar-refractivity contribution in [2.75, 3.05) is 6.61 Å². The van der Waals surface area contributed by atoms with Gasteiger partial charge in [0.25, 0.3) is 0 Å². The van der Waals surface area contributed by atoms with Gasteiger partial charge in [-0.2, -0.15) is 4.39 Å². The van der Waals surface area contributed by atoms with Gasteiger partial charge in [-0.1, -0.05) is 25.2 Å². The van der Waals surface area contributed by atoms with Crippen LogP contribution in [0.3, 0.4) is 0 Å². The Morgan fingerprint density at radius 3 is 2.39 bits per heavy atom. The average Bonchev–Trinajstić information content (AvgIpc) is 2.73. The third-order valence-electron chi connectivity index (χ3n) is 6.57. The monoisotopic (exact) mass is 388 g/mol. The normalized spacial score (nSPS) is 25.7. The lowest BCUT2D eigenvalue weighted by Gasteiger charge is -2.35. The fraction of sp³-hybridized carbons (Fsp3) is 0.600. The van der Waals surface area contributed by atoms with E-state index >= 15 is 0 Å². The maximum absolute atomic E-state index is 14.5. The minimum Gasteiger partial charge on any atom is -0.491 e. The van der Waals surface area contributed by atoms with Gasteiger partial charge >= 0.3 is 0 Å². The summed E-state index contributed by atoms with van der Waals surface area (Å²) in [4.78, 5) is 0. The van der Waals surface area contributed by atoms with E-state index in [0.717, 1.165) is 43.1 Å². The van der Waals surface area contributed by atoms with Crippen LogP contribution >= 0.6 is 0 Å². The van der Waals surface area contributed by atoms with Crippen LogP contribution in [-0.2, 0) is 0 Å². The summed E-state index contributed by atoms with van der Waals surface area (Å²) in [6, 6.07) is 3.23. The molecule has 1 aromatic carbocycles. The highest BCUT2D eigenvalue weighted by Gasteiger charge is 2.29. The van der Waals surface area contributed by atoms with Gasteiger partial charge in [-0.3, -0.25) is 0 Å². The average molecular weight is 389 g/mol. The van der Waals surface area contributed by atoms with Crippen LogP contribution in [0.25, 0.3) is 5.57 Å². The Bertz CT molecular complexity index is 699. The summed E-state index contributed by atoms with van der Waals surface area (Å²) in [5, 5.41) is 0. The summed E-state index contributed by atoms with van der Waals surface area (Å²) in [5.41, 5.74) is 1.36. The van der Waals surface area contributed by atoms with E-state index in [0.29, 0.717) is 18.1 Å². The minimum atomic E-state index is -0.863. The molecule has 1 nitrogen and oxygen atoms in total. The Kier molecular flexibility index (Phi) is 7.70. The molecule has 0 aliphatic heterocycles. The zero-order valence-corrected chi connectivity index (χ0v) is 17.4. The van der Waals surface area contributed by atoms with Crippen molar-refractivity contribution in [3.05, 3.63) is 47.6 Å². The Hall–Kier alpha value is -1.64. The van der Waals surface area contributed by atoms with Gasteiger partial charge in [0.05, 0.1) is 6.61 Å². The molecule has 28 heavy (non-hydrogen) atoms. The number of allylic oxidation sites excluding steroid dienone is 4. The summed E-state index contributed by atoms with van der Waals surface area (Å²) in [6.07, 6.45) is 17.4. The van der Waals surface area contributed by atoms with E-state index in [-0.39, 0.29) is 5.75 Å². The van der Waals surface area contributed by atoms with E-state index in [1.54, 1.807) is 19.1 Å². The number of ether oxygens (including phenoxy) is 1. The highest BCUT2D eigenvalue weighted by Crippen LogP contribution is 2.42. The molecule has 0 heterocycles. The second kappa shape index (κ2) is 10.2. The largest absolute Gasteiger partial charge is 0.491 e. The quantitative estimate of drug-likeness (QED) is 0.435. The standard InChI is InChI=1S/C25H34F2O/c1-3-5-6-7-18-8-10-19(11-9-18)20-12-14-21(15-13-20)22-16-17-23(28-4-2)25(27)24(22)26/h5-6,14,16-20H,3-4,7-13,15H2,1-2H3/b6-5-. The van der Waals surface area contributed by atoms with Crippen molar-refractivity contribution >= 4 is 5.57 Å². The van der Waals surface area contributed by atoms with Gasteiger partial charge in [0.1, 0.15) is 0 Å². The number of hydrogen-bond donors (Lipinski definition) is 0. The van der Waals surface area contributed by atoms with Crippen molar-refractivity contribution in [3.8, 4) is 5.75 Å². The zero-order chi connectivity index (χ0) is 19.9. The third-order valence-corrected chi connectivity index (χ3v) is 6.57. The molecule has 3 heteroatoms. The molecule has 0 saturated heterocycles. The Labute approximate surface area is 168 Å². The predicted molar refractivity (Wildman–Crippen MR) is 112 cm³/mol. The lowest BCUT2D eigenvalue weighted by molar-refractivity contribution is 0.195. The van der Waals surface area contributed by atoms with Gasteiger partial charge in [-0.15, -0.1) is 0 Å². The van der Waals surface area contributed by atoms with Gasteiger partial charge in [-0.05, 0) is 100 Å². The van der Waals surface area contributed by atoms with Crippen molar-refractivity contribution in [2.45, 2.75) is 71.6 Å². The van der Waals surface area contributed by atoms with Gasteiger partial charge in [0.15, 0.2) is 11.6 Å².